The Morgan fingerprint density at radius 2 is 2.11 bits per heavy atom. The van der Waals surface area contributed by atoms with Crippen LogP contribution >= 0.6 is 0 Å². The number of amides is 1. The SMILES string of the molecule is Cc1ccc(NC(=O)C(=O)c2c(C)nn(C)c2C)c(OCC2CCCO2)c1. The first kappa shape index (κ1) is 19.1. The second-order valence-electron chi connectivity index (χ2n) is 6.90. The molecule has 1 N–H and O–H groups in total. The molecule has 1 amide bonds. The Hall–Kier alpha value is -2.67. The van der Waals surface area contributed by atoms with Crippen molar-refractivity contribution >= 4 is 17.4 Å². The van der Waals surface area contributed by atoms with Gasteiger partial charge in [-0.05, 0) is 51.3 Å². The summed E-state index contributed by atoms with van der Waals surface area (Å²) in [6.45, 7) is 6.60. The molecule has 7 heteroatoms. The van der Waals surface area contributed by atoms with Gasteiger partial charge in [0.2, 0.25) is 0 Å². The fourth-order valence-corrected chi connectivity index (χ4v) is 3.21. The standard InChI is InChI=1S/C20H25N3O4/c1-12-7-8-16(17(10-12)27-11-15-6-5-9-26-15)21-20(25)19(24)18-13(2)22-23(4)14(18)3/h7-8,10,15H,5-6,9,11H2,1-4H3,(H,21,25). The highest BCUT2D eigenvalue weighted by atomic mass is 16.5. The van der Waals surface area contributed by atoms with Crippen LogP contribution in [0.4, 0.5) is 5.69 Å². The van der Waals surface area contributed by atoms with Gasteiger partial charge < -0.3 is 14.8 Å². The maximum absolute atomic E-state index is 12.6. The number of carbonyl (C=O) groups excluding carboxylic acids is 2. The number of hydrogen-bond donors (Lipinski definition) is 1. The lowest BCUT2D eigenvalue weighted by atomic mass is 10.1. The Balaban J connectivity index is 1.75. The van der Waals surface area contributed by atoms with Crippen LogP contribution in [0.3, 0.4) is 0 Å². The number of Topliss-reactive ketones (excluding diaryl/α,β-unsaturated/α-hetero) is 1. The molecule has 0 radical (unpaired) electrons. The van der Waals surface area contributed by atoms with Gasteiger partial charge in [0, 0.05) is 19.3 Å². The number of anilines is 1. The minimum absolute atomic E-state index is 0.0661. The van der Waals surface area contributed by atoms with Crippen molar-refractivity contribution < 1.29 is 19.1 Å². The summed E-state index contributed by atoms with van der Waals surface area (Å²) >= 11 is 0. The lowest BCUT2D eigenvalue weighted by Crippen LogP contribution is -2.25. The van der Waals surface area contributed by atoms with Crippen LogP contribution in [-0.2, 0) is 16.6 Å². The summed E-state index contributed by atoms with van der Waals surface area (Å²) in [5.74, 6) is -0.782. The van der Waals surface area contributed by atoms with E-state index in [1.165, 1.54) is 0 Å². The number of aromatic nitrogens is 2. The van der Waals surface area contributed by atoms with Gasteiger partial charge in [-0.25, -0.2) is 0 Å². The molecular weight excluding hydrogens is 346 g/mol. The summed E-state index contributed by atoms with van der Waals surface area (Å²) in [5.41, 5.74) is 3.00. The molecule has 0 bridgehead atoms. The van der Waals surface area contributed by atoms with Gasteiger partial charge >= 0.3 is 0 Å². The first-order valence-corrected chi connectivity index (χ1v) is 9.07. The zero-order valence-corrected chi connectivity index (χ0v) is 16.2. The normalized spacial score (nSPS) is 16.4. The van der Waals surface area contributed by atoms with Crippen molar-refractivity contribution in [2.75, 3.05) is 18.5 Å². The van der Waals surface area contributed by atoms with E-state index in [1.807, 2.05) is 19.1 Å². The minimum Gasteiger partial charge on any atom is -0.489 e. The summed E-state index contributed by atoms with van der Waals surface area (Å²) in [6, 6.07) is 5.45. The predicted octanol–water partition coefficient (Wildman–Crippen LogP) is 2.72. The first-order chi connectivity index (χ1) is 12.9. The van der Waals surface area contributed by atoms with E-state index in [2.05, 4.69) is 10.4 Å². The molecule has 1 aliphatic rings. The molecule has 1 fully saturated rings. The van der Waals surface area contributed by atoms with Gasteiger partial charge in [0.25, 0.3) is 11.7 Å². The smallest absolute Gasteiger partial charge is 0.297 e. The van der Waals surface area contributed by atoms with Crippen LogP contribution in [0.1, 0.15) is 40.2 Å². The van der Waals surface area contributed by atoms with E-state index < -0.39 is 11.7 Å². The molecule has 27 heavy (non-hydrogen) atoms. The molecule has 2 aromatic rings. The Kier molecular flexibility index (Phi) is 5.60. The predicted molar refractivity (Wildman–Crippen MR) is 101 cm³/mol. The molecule has 144 valence electrons. The number of aryl methyl sites for hydroxylation is 3. The molecule has 1 atom stereocenters. The van der Waals surface area contributed by atoms with Crippen LogP contribution in [0, 0.1) is 20.8 Å². The number of hydrogen-bond acceptors (Lipinski definition) is 5. The number of ether oxygens (including phenoxy) is 2. The quantitative estimate of drug-likeness (QED) is 0.624. The topological polar surface area (TPSA) is 82.5 Å². The van der Waals surface area contributed by atoms with Crippen LogP contribution in [0.5, 0.6) is 5.75 Å². The van der Waals surface area contributed by atoms with Gasteiger partial charge in [-0.2, -0.15) is 5.10 Å². The van der Waals surface area contributed by atoms with Crippen molar-refractivity contribution in [3.8, 4) is 5.75 Å². The first-order valence-electron chi connectivity index (χ1n) is 9.07. The van der Waals surface area contributed by atoms with Gasteiger partial charge in [-0.1, -0.05) is 6.07 Å². The summed E-state index contributed by atoms with van der Waals surface area (Å²) in [5, 5.41) is 6.88. The lowest BCUT2D eigenvalue weighted by molar-refractivity contribution is -0.112. The zero-order valence-electron chi connectivity index (χ0n) is 16.2. The maximum atomic E-state index is 12.6. The fourth-order valence-electron chi connectivity index (χ4n) is 3.21. The number of benzene rings is 1. The summed E-state index contributed by atoms with van der Waals surface area (Å²) in [4.78, 5) is 25.2. The van der Waals surface area contributed by atoms with Crippen LogP contribution in [0.25, 0.3) is 0 Å². The molecule has 1 aliphatic heterocycles. The lowest BCUT2D eigenvalue weighted by Gasteiger charge is -2.15. The number of nitrogens with zero attached hydrogens (tertiary/aromatic N) is 2. The summed E-state index contributed by atoms with van der Waals surface area (Å²) < 4.78 is 13.0. The van der Waals surface area contributed by atoms with Crippen molar-refractivity contribution in [1.29, 1.82) is 0 Å². The molecule has 1 saturated heterocycles. The van der Waals surface area contributed by atoms with Crippen molar-refractivity contribution in [3.05, 3.63) is 40.7 Å². The van der Waals surface area contributed by atoms with Crippen LogP contribution in [-0.4, -0.2) is 40.8 Å². The third kappa shape index (κ3) is 4.19. The van der Waals surface area contributed by atoms with Gasteiger partial charge in [-0.15, -0.1) is 0 Å². The molecule has 2 heterocycles. The minimum atomic E-state index is -0.708. The van der Waals surface area contributed by atoms with E-state index in [1.54, 1.807) is 31.6 Å². The molecule has 1 aromatic carbocycles. The Labute approximate surface area is 158 Å². The van der Waals surface area contributed by atoms with E-state index in [9.17, 15) is 9.59 Å². The Morgan fingerprint density at radius 1 is 1.33 bits per heavy atom. The number of carbonyl (C=O) groups is 2. The van der Waals surface area contributed by atoms with E-state index in [0.717, 1.165) is 25.0 Å². The Morgan fingerprint density at radius 3 is 2.74 bits per heavy atom. The third-order valence-electron chi connectivity index (χ3n) is 4.78. The monoisotopic (exact) mass is 371 g/mol. The van der Waals surface area contributed by atoms with Gasteiger partial charge in [0.1, 0.15) is 12.4 Å². The van der Waals surface area contributed by atoms with E-state index in [0.29, 0.717) is 35.0 Å². The molecule has 0 spiro atoms. The third-order valence-corrected chi connectivity index (χ3v) is 4.78. The highest BCUT2D eigenvalue weighted by molar-refractivity contribution is 6.47. The van der Waals surface area contributed by atoms with Crippen LogP contribution in [0.15, 0.2) is 18.2 Å². The Bertz CT molecular complexity index is 866. The molecule has 7 nitrogen and oxygen atoms in total. The zero-order chi connectivity index (χ0) is 19.6. The molecule has 0 saturated carbocycles. The largest absolute Gasteiger partial charge is 0.489 e. The van der Waals surface area contributed by atoms with Crippen LogP contribution < -0.4 is 10.1 Å². The summed E-state index contributed by atoms with van der Waals surface area (Å²) in [7, 11) is 1.74. The molecule has 0 aliphatic carbocycles. The number of nitrogens with one attached hydrogen (secondary N) is 1. The molecule has 1 unspecified atom stereocenters. The highest BCUT2D eigenvalue weighted by Gasteiger charge is 2.25. The fraction of sp³-hybridized carbons (Fsp3) is 0.450. The van der Waals surface area contributed by atoms with Gasteiger partial charge in [-0.3, -0.25) is 14.3 Å². The van der Waals surface area contributed by atoms with E-state index in [4.69, 9.17) is 9.47 Å². The number of rotatable bonds is 6. The van der Waals surface area contributed by atoms with Crippen molar-refractivity contribution in [2.24, 2.45) is 7.05 Å². The summed E-state index contributed by atoms with van der Waals surface area (Å²) in [6.07, 6.45) is 2.06. The molecule has 1 aromatic heterocycles. The average Bonchev–Trinajstić information content (AvgIpc) is 3.23. The van der Waals surface area contributed by atoms with Crippen LogP contribution in [0.2, 0.25) is 0 Å². The van der Waals surface area contributed by atoms with Crippen molar-refractivity contribution in [1.82, 2.24) is 9.78 Å². The van der Waals surface area contributed by atoms with Crippen molar-refractivity contribution in [2.45, 2.75) is 39.7 Å². The van der Waals surface area contributed by atoms with E-state index >= 15 is 0 Å². The van der Waals surface area contributed by atoms with Crippen molar-refractivity contribution in [3.63, 3.8) is 0 Å². The second kappa shape index (κ2) is 7.92. The molecule has 3 rings (SSSR count). The highest BCUT2D eigenvalue weighted by Crippen LogP contribution is 2.27. The maximum Gasteiger partial charge on any atom is 0.297 e. The van der Waals surface area contributed by atoms with E-state index in [-0.39, 0.29) is 6.10 Å². The van der Waals surface area contributed by atoms with Gasteiger partial charge in [0.15, 0.2) is 0 Å². The molecular formula is C20H25N3O4. The average molecular weight is 371 g/mol. The second-order valence-corrected chi connectivity index (χ2v) is 6.90. The number of ketones is 1. The van der Waals surface area contributed by atoms with Gasteiger partial charge in [0.05, 0.1) is 23.0 Å².